The van der Waals surface area contributed by atoms with Gasteiger partial charge in [-0.15, -0.1) is 5.10 Å². The van der Waals surface area contributed by atoms with Crippen LogP contribution >= 0.6 is 0 Å². The lowest BCUT2D eigenvalue weighted by atomic mass is 10.3. The average Bonchev–Trinajstić information content (AvgIpc) is 2.86. The summed E-state index contributed by atoms with van der Waals surface area (Å²) in [6.07, 6.45) is -9.73. The monoisotopic (exact) mass is 382 g/mol. The van der Waals surface area contributed by atoms with Crippen molar-refractivity contribution in [2.45, 2.75) is 12.4 Å². The predicted octanol–water partition coefficient (Wildman–Crippen LogP) is 2.46. The highest BCUT2D eigenvalue weighted by Crippen LogP contribution is 2.37. The minimum atomic E-state index is -4.95. The second-order valence-corrected chi connectivity index (χ2v) is 4.46. The molecule has 0 aromatic carbocycles. The van der Waals surface area contributed by atoms with Gasteiger partial charge in [0.25, 0.3) is 5.56 Å². The molecule has 0 spiro atoms. The van der Waals surface area contributed by atoms with Gasteiger partial charge in [0.15, 0.2) is 11.1 Å². The van der Waals surface area contributed by atoms with E-state index < -0.39 is 46.8 Å². The van der Waals surface area contributed by atoms with Crippen molar-refractivity contribution in [3.63, 3.8) is 0 Å². The SMILES string of the molecule is COc1nn(C)c(F)c1C(F)(F)F.Cn1[nH]c(=O)c(C(F)(F)F)c1F. The number of aromatic nitrogens is 4. The van der Waals surface area contributed by atoms with Crippen LogP contribution in [0.4, 0.5) is 35.1 Å². The molecule has 1 N–H and O–H groups in total. The number of nitrogens with one attached hydrogen (secondary N) is 1. The molecule has 0 radical (unpaired) electrons. The molecular weight excluding hydrogens is 372 g/mol. The van der Waals surface area contributed by atoms with Crippen molar-refractivity contribution in [2.75, 3.05) is 7.11 Å². The molecule has 14 heteroatoms. The zero-order chi connectivity index (χ0) is 19.7. The average molecular weight is 382 g/mol. The number of nitrogens with zero attached hydrogens (tertiary/aromatic N) is 3. The van der Waals surface area contributed by atoms with E-state index in [0.29, 0.717) is 9.36 Å². The molecule has 0 amide bonds. The molecule has 0 fully saturated rings. The summed E-state index contributed by atoms with van der Waals surface area (Å²) >= 11 is 0. The molecule has 0 unspecified atom stereocenters. The van der Waals surface area contributed by atoms with Gasteiger partial charge in [-0.3, -0.25) is 14.6 Å². The summed E-state index contributed by atoms with van der Waals surface area (Å²) in [5.74, 6) is -3.82. The van der Waals surface area contributed by atoms with Gasteiger partial charge in [0.2, 0.25) is 17.8 Å². The summed E-state index contributed by atoms with van der Waals surface area (Å²) in [4.78, 5) is 10.5. The van der Waals surface area contributed by atoms with Crippen molar-refractivity contribution in [3.05, 3.63) is 33.4 Å². The van der Waals surface area contributed by atoms with E-state index >= 15 is 0 Å². The number of hydrogen-bond donors (Lipinski definition) is 1. The van der Waals surface area contributed by atoms with Crippen molar-refractivity contribution < 1.29 is 39.9 Å². The topological polar surface area (TPSA) is 64.8 Å². The first-order valence-corrected chi connectivity index (χ1v) is 6.07. The molecule has 2 aromatic heterocycles. The van der Waals surface area contributed by atoms with E-state index in [-0.39, 0.29) is 0 Å². The third-order valence-corrected chi connectivity index (χ3v) is 2.70. The normalized spacial score (nSPS) is 12.0. The van der Waals surface area contributed by atoms with E-state index in [1.165, 1.54) is 0 Å². The third kappa shape index (κ3) is 4.30. The first kappa shape index (κ1) is 20.5. The smallest absolute Gasteiger partial charge is 0.426 e. The van der Waals surface area contributed by atoms with Crippen LogP contribution in [0.15, 0.2) is 4.79 Å². The molecule has 6 nitrogen and oxygen atoms in total. The van der Waals surface area contributed by atoms with Gasteiger partial charge in [0.1, 0.15) is 0 Å². The molecule has 2 rings (SSSR count). The Kier molecular flexibility index (Phi) is 5.54. The lowest BCUT2D eigenvalue weighted by Gasteiger charge is -2.04. The number of methoxy groups -OCH3 is 1. The summed E-state index contributed by atoms with van der Waals surface area (Å²) in [7, 11) is 3.04. The molecule has 0 aliphatic rings. The molecule has 0 saturated heterocycles. The third-order valence-electron chi connectivity index (χ3n) is 2.70. The molecule has 0 bridgehead atoms. The van der Waals surface area contributed by atoms with Crippen LogP contribution in [-0.4, -0.2) is 26.7 Å². The fourth-order valence-corrected chi connectivity index (χ4v) is 1.63. The summed E-state index contributed by atoms with van der Waals surface area (Å²) in [5.41, 5.74) is -4.73. The molecule has 0 aliphatic heterocycles. The summed E-state index contributed by atoms with van der Waals surface area (Å²) in [6, 6.07) is 0. The molecule has 25 heavy (non-hydrogen) atoms. The summed E-state index contributed by atoms with van der Waals surface area (Å²) in [5, 5.41) is 4.84. The highest BCUT2D eigenvalue weighted by atomic mass is 19.4. The number of aryl methyl sites for hydroxylation is 2. The Bertz CT molecular complexity index is 799. The Morgan fingerprint density at radius 3 is 1.68 bits per heavy atom. The van der Waals surface area contributed by atoms with Crippen LogP contribution in [0.5, 0.6) is 5.88 Å². The van der Waals surface area contributed by atoms with Gasteiger partial charge in [0, 0.05) is 14.1 Å². The van der Waals surface area contributed by atoms with Gasteiger partial charge >= 0.3 is 12.4 Å². The Hall–Kier alpha value is -2.54. The highest BCUT2D eigenvalue weighted by molar-refractivity contribution is 5.27. The van der Waals surface area contributed by atoms with Crippen LogP contribution in [0, 0.1) is 11.9 Å². The van der Waals surface area contributed by atoms with Gasteiger partial charge in [-0.2, -0.15) is 35.1 Å². The van der Waals surface area contributed by atoms with Gasteiger partial charge in [-0.25, -0.2) is 4.68 Å². The van der Waals surface area contributed by atoms with Gasteiger partial charge < -0.3 is 4.74 Å². The van der Waals surface area contributed by atoms with E-state index in [9.17, 15) is 39.9 Å². The lowest BCUT2D eigenvalue weighted by molar-refractivity contribution is -0.142. The molecule has 0 saturated carbocycles. The minimum absolute atomic E-state index is 0.380. The van der Waals surface area contributed by atoms with Crippen LogP contribution in [-0.2, 0) is 26.4 Å². The lowest BCUT2D eigenvalue weighted by Crippen LogP contribution is -2.17. The Morgan fingerprint density at radius 1 is 0.960 bits per heavy atom. The maximum Gasteiger partial charge on any atom is 0.426 e. The van der Waals surface area contributed by atoms with Crippen molar-refractivity contribution in [3.8, 4) is 5.88 Å². The molecule has 2 aromatic rings. The second-order valence-electron chi connectivity index (χ2n) is 4.46. The fourth-order valence-electron chi connectivity index (χ4n) is 1.63. The number of hydrogen-bond acceptors (Lipinski definition) is 3. The number of alkyl halides is 6. The number of H-pyrrole nitrogens is 1. The zero-order valence-corrected chi connectivity index (χ0v) is 12.7. The van der Waals surface area contributed by atoms with E-state index in [2.05, 4.69) is 9.84 Å². The zero-order valence-electron chi connectivity index (χ0n) is 12.7. The molecule has 2 heterocycles. The largest absolute Gasteiger partial charge is 0.479 e. The first-order chi connectivity index (χ1) is 11.2. The van der Waals surface area contributed by atoms with Gasteiger partial charge in [0.05, 0.1) is 7.11 Å². The molecular formula is C11H10F8N4O2. The predicted molar refractivity (Wildman–Crippen MR) is 65.7 cm³/mol. The molecule has 142 valence electrons. The quantitative estimate of drug-likeness (QED) is 0.771. The Balaban J connectivity index is 0.000000251. The van der Waals surface area contributed by atoms with Crippen LogP contribution in [0.1, 0.15) is 11.1 Å². The first-order valence-electron chi connectivity index (χ1n) is 6.07. The van der Waals surface area contributed by atoms with Crippen LogP contribution < -0.4 is 10.3 Å². The van der Waals surface area contributed by atoms with E-state index in [1.807, 2.05) is 0 Å². The Morgan fingerprint density at radius 2 is 1.44 bits per heavy atom. The van der Waals surface area contributed by atoms with Crippen molar-refractivity contribution >= 4 is 0 Å². The van der Waals surface area contributed by atoms with Crippen molar-refractivity contribution in [1.29, 1.82) is 0 Å². The van der Waals surface area contributed by atoms with Gasteiger partial charge in [-0.1, -0.05) is 0 Å². The fraction of sp³-hybridized carbons (Fsp3) is 0.455. The van der Waals surface area contributed by atoms with E-state index in [1.54, 1.807) is 5.10 Å². The number of halogens is 8. The number of rotatable bonds is 1. The maximum absolute atomic E-state index is 12.8. The Labute approximate surface area is 133 Å². The van der Waals surface area contributed by atoms with Crippen LogP contribution in [0.25, 0.3) is 0 Å². The number of aromatic amines is 1. The summed E-state index contributed by atoms with van der Waals surface area (Å²) < 4.78 is 102. The van der Waals surface area contributed by atoms with Crippen molar-refractivity contribution in [1.82, 2.24) is 19.6 Å². The van der Waals surface area contributed by atoms with Gasteiger partial charge in [-0.05, 0) is 0 Å². The summed E-state index contributed by atoms with van der Waals surface area (Å²) in [6.45, 7) is 0. The van der Waals surface area contributed by atoms with Crippen LogP contribution in [0.2, 0.25) is 0 Å². The van der Waals surface area contributed by atoms with Crippen molar-refractivity contribution in [2.24, 2.45) is 14.1 Å². The molecule has 0 aliphatic carbocycles. The molecule has 0 atom stereocenters. The standard InChI is InChI=1S/C6H6F4N2O.C5H4F4N2O/c1-12-4(7)3(6(8,9)10)5(11-12)13-2;1-11-3(6)2(4(12)10-11)5(7,8)9/h1-2H3;1H3,(H,10,12). The highest BCUT2D eigenvalue weighted by Gasteiger charge is 2.41. The maximum atomic E-state index is 12.8. The second kappa shape index (κ2) is 6.76. The minimum Gasteiger partial charge on any atom is -0.479 e. The van der Waals surface area contributed by atoms with E-state index in [0.717, 1.165) is 21.2 Å². The number of ether oxygens (including phenoxy) is 1. The van der Waals surface area contributed by atoms with E-state index in [4.69, 9.17) is 0 Å². The van der Waals surface area contributed by atoms with Crippen LogP contribution in [0.3, 0.4) is 0 Å².